The lowest BCUT2D eigenvalue weighted by Crippen LogP contribution is -2.08. The van der Waals surface area contributed by atoms with Crippen molar-refractivity contribution in [1.82, 2.24) is 14.8 Å². The second-order valence-corrected chi connectivity index (χ2v) is 4.17. The van der Waals surface area contributed by atoms with Gasteiger partial charge in [-0.1, -0.05) is 19.1 Å². The van der Waals surface area contributed by atoms with E-state index in [0.29, 0.717) is 6.61 Å². The Labute approximate surface area is 107 Å². The smallest absolute Gasteiger partial charge is 0.164 e. The average Bonchev–Trinajstić information content (AvgIpc) is 2.81. The molecule has 0 bridgehead atoms. The lowest BCUT2D eigenvalue weighted by Gasteiger charge is -2.10. The first-order valence-electron chi connectivity index (χ1n) is 6.02. The van der Waals surface area contributed by atoms with Crippen molar-refractivity contribution in [3.05, 3.63) is 42.0 Å². The van der Waals surface area contributed by atoms with Gasteiger partial charge in [-0.05, 0) is 24.1 Å². The third kappa shape index (κ3) is 2.87. The molecule has 5 nitrogen and oxygen atoms in total. The number of hydrogen-bond acceptors (Lipinski definition) is 4. The average molecular weight is 246 g/mol. The number of aryl methyl sites for hydroxylation is 1. The van der Waals surface area contributed by atoms with E-state index in [1.807, 2.05) is 31.3 Å². The van der Waals surface area contributed by atoms with Crippen LogP contribution in [0.5, 0.6) is 5.75 Å². The maximum absolute atomic E-state index is 5.95. The van der Waals surface area contributed by atoms with Crippen LogP contribution in [-0.4, -0.2) is 14.8 Å². The summed E-state index contributed by atoms with van der Waals surface area (Å²) in [6.07, 6.45) is 2.45. The molecule has 2 aromatic rings. The lowest BCUT2D eigenvalue weighted by atomic mass is 10.1. The number of rotatable bonds is 5. The van der Waals surface area contributed by atoms with Crippen molar-refractivity contribution < 1.29 is 4.74 Å². The molecule has 0 saturated carbocycles. The molecule has 2 rings (SSSR count). The summed E-state index contributed by atoms with van der Waals surface area (Å²) >= 11 is 0. The Kier molecular flexibility index (Phi) is 3.94. The minimum Gasteiger partial charge on any atom is -0.486 e. The molecule has 0 saturated heterocycles. The molecule has 18 heavy (non-hydrogen) atoms. The molecule has 0 aliphatic heterocycles. The summed E-state index contributed by atoms with van der Waals surface area (Å²) in [6.45, 7) is 2.48. The van der Waals surface area contributed by atoms with Gasteiger partial charge in [0.25, 0.3) is 0 Å². The number of aromatic nitrogens is 3. The summed E-state index contributed by atoms with van der Waals surface area (Å²) in [6, 6.07) is 7.96. The predicted molar refractivity (Wildman–Crippen MR) is 69.0 cm³/mol. The lowest BCUT2D eigenvalue weighted by molar-refractivity contribution is 0.289. The largest absolute Gasteiger partial charge is 0.486 e. The molecule has 0 spiro atoms. The van der Waals surface area contributed by atoms with Crippen molar-refractivity contribution in [3.8, 4) is 5.75 Å². The van der Waals surface area contributed by atoms with E-state index >= 15 is 0 Å². The Hall–Kier alpha value is -1.88. The highest BCUT2D eigenvalue weighted by atomic mass is 16.5. The Morgan fingerprint density at radius 2 is 2.06 bits per heavy atom. The summed E-state index contributed by atoms with van der Waals surface area (Å²) in [5, 5.41) is 3.99. The van der Waals surface area contributed by atoms with Gasteiger partial charge < -0.3 is 10.5 Å². The van der Waals surface area contributed by atoms with Gasteiger partial charge in [0.05, 0.1) is 0 Å². The van der Waals surface area contributed by atoms with Gasteiger partial charge in [-0.3, -0.25) is 4.68 Å². The molecule has 2 N–H and O–H groups in total. The van der Waals surface area contributed by atoms with Crippen LogP contribution in [0.25, 0.3) is 0 Å². The standard InChI is InChI=1S/C13H18N4O/c1-3-12(14)10-4-6-11(7-5-10)18-8-13-15-9-16-17(13)2/h4-7,9,12H,3,8,14H2,1-2H3/t12-/m0/s1. The van der Waals surface area contributed by atoms with Crippen LogP contribution in [0.1, 0.15) is 30.8 Å². The van der Waals surface area contributed by atoms with Gasteiger partial charge in [-0.2, -0.15) is 5.10 Å². The molecule has 0 aliphatic rings. The zero-order valence-electron chi connectivity index (χ0n) is 10.7. The molecular formula is C13H18N4O. The van der Waals surface area contributed by atoms with Crippen LogP contribution in [0.4, 0.5) is 0 Å². The highest BCUT2D eigenvalue weighted by Gasteiger charge is 2.04. The van der Waals surface area contributed by atoms with E-state index in [1.165, 1.54) is 6.33 Å². The molecule has 1 aromatic heterocycles. The van der Waals surface area contributed by atoms with Crippen molar-refractivity contribution in [1.29, 1.82) is 0 Å². The van der Waals surface area contributed by atoms with E-state index in [0.717, 1.165) is 23.6 Å². The SMILES string of the molecule is CC[C@H](N)c1ccc(OCc2ncnn2C)cc1. The van der Waals surface area contributed by atoms with Crippen LogP contribution in [-0.2, 0) is 13.7 Å². The summed E-state index contributed by atoms with van der Waals surface area (Å²) < 4.78 is 7.33. The topological polar surface area (TPSA) is 66.0 Å². The van der Waals surface area contributed by atoms with E-state index in [2.05, 4.69) is 17.0 Å². The number of benzene rings is 1. The number of nitrogens with zero attached hydrogens (tertiary/aromatic N) is 3. The fourth-order valence-electron chi connectivity index (χ4n) is 1.65. The van der Waals surface area contributed by atoms with Gasteiger partial charge in [0.2, 0.25) is 0 Å². The van der Waals surface area contributed by atoms with Crippen molar-refractivity contribution in [2.75, 3.05) is 0 Å². The Morgan fingerprint density at radius 1 is 1.33 bits per heavy atom. The Bertz CT molecular complexity index is 492. The van der Waals surface area contributed by atoms with Crippen LogP contribution < -0.4 is 10.5 Å². The monoisotopic (exact) mass is 246 g/mol. The number of hydrogen-bond donors (Lipinski definition) is 1. The van der Waals surface area contributed by atoms with E-state index in [-0.39, 0.29) is 6.04 Å². The van der Waals surface area contributed by atoms with Crippen LogP contribution in [0.2, 0.25) is 0 Å². The van der Waals surface area contributed by atoms with Gasteiger partial charge in [-0.25, -0.2) is 4.98 Å². The molecule has 96 valence electrons. The fourth-order valence-corrected chi connectivity index (χ4v) is 1.65. The summed E-state index contributed by atoms with van der Waals surface area (Å²) in [4.78, 5) is 4.10. The van der Waals surface area contributed by atoms with Crippen LogP contribution in [0.15, 0.2) is 30.6 Å². The molecular weight excluding hydrogens is 228 g/mol. The summed E-state index contributed by atoms with van der Waals surface area (Å²) in [7, 11) is 1.84. The van der Waals surface area contributed by atoms with Crippen molar-refractivity contribution >= 4 is 0 Å². The third-order valence-electron chi connectivity index (χ3n) is 2.92. The second kappa shape index (κ2) is 5.64. The molecule has 5 heteroatoms. The molecule has 0 amide bonds. The van der Waals surface area contributed by atoms with Gasteiger partial charge in [0, 0.05) is 13.1 Å². The molecule has 1 aromatic carbocycles. The van der Waals surface area contributed by atoms with Crippen LogP contribution >= 0.6 is 0 Å². The normalized spacial score (nSPS) is 12.4. The zero-order chi connectivity index (χ0) is 13.0. The van der Waals surface area contributed by atoms with E-state index < -0.39 is 0 Å². The quantitative estimate of drug-likeness (QED) is 0.873. The third-order valence-corrected chi connectivity index (χ3v) is 2.92. The van der Waals surface area contributed by atoms with E-state index in [1.54, 1.807) is 4.68 Å². The molecule has 1 heterocycles. The zero-order valence-corrected chi connectivity index (χ0v) is 10.7. The van der Waals surface area contributed by atoms with Crippen LogP contribution in [0.3, 0.4) is 0 Å². The maximum atomic E-state index is 5.95. The van der Waals surface area contributed by atoms with Crippen molar-refractivity contribution in [2.45, 2.75) is 26.0 Å². The van der Waals surface area contributed by atoms with Crippen molar-refractivity contribution in [3.63, 3.8) is 0 Å². The minimum atomic E-state index is 0.0952. The minimum absolute atomic E-state index is 0.0952. The molecule has 1 atom stereocenters. The van der Waals surface area contributed by atoms with Gasteiger partial charge in [0.15, 0.2) is 5.82 Å². The van der Waals surface area contributed by atoms with Gasteiger partial charge >= 0.3 is 0 Å². The molecule has 0 aliphatic carbocycles. The van der Waals surface area contributed by atoms with E-state index in [9.17, 15) is 0 Å². The first kappa shape index (κ1) is 12.6. The maximum Gasteiger partial charge on any atom is 0.164 e. The number of ether oxygens (including phenoxy) is 1. The fraction of sp³-hybridized carbons (Fsp3) is 0.385. The van der Waals surface area contributed by atoms with E-state index in [4.69, 9.17) is 10.5 Å². The molecule has 0 unspecified atom stereocenters. The second-order valence-electron chi connectivity index (χ2n) is 4.17. The van der Waals surface area contributed by atoms with Crippen molar-refractivity contribution in [2.24, 2.45) is 12.8 Å². The Morgan fingerprint density at radius 3 is 2.61 bits per heavy atom. The predicted octanol–water partition coefficient (Wildman–Crippen LogP) is 1.80. The van der Waals surface area contributed by atoms with Gasteiger partial charge in [-0.15, -0.1) is 0 Å². The highest BCUT2D eigenvalue weighted by Crippen LogP contribution is 2.18. The number of nitrogens with two attached hydrogens (primary N) is 1. The Balaban J connectivity index is 1.96. The summed E-state index contributed by atoms with van der Waals surface area (Å²) in [5.74, 6) is 1.61. The summed E-state index contributed by atoms with van der Waals surface area (Å²) in [5.41, 5.74) is 7.08. The van der Waals surface area contributed by atoms with Gasteiger partial charge in [0.1, 0.15) is 18.7 Å². The molecule has 0 fully saturated rings. The highest BCUT2D eigenvalue weighted by molar-refractivity contribution is 5.29. The van der Waals surface area contributed by atoms with Crippen LogP contribution in [0, 0.1) is 0 Å². The first-order valence-corrected chi connectivity index (χ1v) is 6.02. The first-order chi connectivity index (χ1) is 8.70. The molecule has 0 radical (unpaired) electrons.